The van der Waals surface area contributed by atoms with Gasteiger partial charge in [-0.25, -0.2) is 0 Å². The Morgan fingerprint density at radius 3 is 2.47 bits per heavy atom. The van der Waals surface area contributed by atoms with Gasteiger partial charge in [-0.05, 0) is 50.0 Å². The zero-order chi connectivity index (χ0) is 11.3. The van der Waals surface area contributed by atoms with Gasteiger partial charge in [-0.3, -0.25) is 0 Å². The van der Waals surface area contributed by atoms with E-state index < -0.39 is 0 Å². The number of rotatable bonds is 7. The van der Waals surface area contributed by atoms with Crippen molar-refractivity contribution in [3.63, 3.8) is 0 Å². The lowest BCUT2D eigenvalue weighted by Gasteiger charge is -2.38. The van der Waals surface area contributed by atoms with Crippen molar-refractivity contribution in [3.05, 3.63) is 0 Å². The maximum Gasteiger partial charge on any atom is 0.0456 e. The zero-order valence-electron chi connectivity index (χ0n) is 10.5. The van der Waals surface area contributed by atoms with Crippen LogP contribution in [0.15, 0.2) is 0 Å². The van der Waals surface area contributed by atoms with Crippen LogP contribution in [-0.2, 0) is 0 Å². The Balaban J connectivity index is 1.91. The molecule has 0 radical (unpaired) electrons. The lowest BCUT2D eigenvalue weighted by molar-refractivity contribution is 0.167. The summed E-state index contributed by atoms with van der Waals surface area (Å²) in [6.45, 7) is 8.21. The molecule has 2 heteroatoms. The molecule has 0 saturated heterocycles. The van der Waals surface area contributed by atoms with E-state index in [1.807, 2.05) is 0 Å². The lowest BCUT2D eigenvalue weighted by atomic mass is 9.73. The molecule has 1 atom stereocenters. The Kier molecular flexibility index (Phi) is 5.62. The summed E-state index contributed by atoms with van der Waals surface area (Å²) in [5.41, 5.74) is 0. The van der Waals surface area contributed by atoms with Gasteiger partial charge in [0.05, 0.1) is 0 Å². The van der Waals surface area contributed by atoms with E-state index in [1.54, 1.807) is 0 Å². The van der Waals surface area contributed by atoms with Crippen LogP contribution in [0.3, 0.4) is 0 Å². The van der Waals surface area contributed by atoms with Crippen LogP contribution in [0.2, 0.25) is 0 Å². The van der Waals surface area contributed by atoms with Crippen LogP contribution in [0.1, 0.15) is 46.5 Å². The molecule has 15 heavy (non-hydrogen) atoms. The fourth-order valence-electron chi connectivity index (χ4n) is 2.22. The summed E-state index contributed by atoms with van der Waals surface area (Å²) < 4.78 is 0. The summed E-state index contributed by atoms with van der Waals surface area (Å²) in [5.74, 6) is 2.29. The number of aliphatic hydroxyl groups is 1. The third-order valence-corrected chi connectivity index (χ3v) is 3.74. The highest BCUT2D eigenvalue weighted by Gasteiger charge is 2.30. The monoisotopic (exact) mass is 213 g/mol. The summed E-state index contributed by atoms with van der Waals surface area (Å²) in [6, 6.07) is 0.779. The second-order valence-corrected chi connectivity index (χ2v) is 5.56. The minimum atomic E-state index is 0.332. The Bertz CT molecular complexity index is 164. The van der Waals surface area contributed by atoms with E-state index in [2.05, 4.69) is 26.1 Å². The first-order valence-electron chi connectivity index (χ1n) is 6.47. The van der Waals surface area contributed by atoms with Crippen molar-refractivity contribution >= 4 is 0 Å². The molecule has 1 aliphatic rings. The molecule has 1 rings (SSSR count). The van der Waals surface area contributed by atoms with E-state index in [-0.39, 0.29) is 0 Å². The van der Waals surface area contributed by atoms with Gasteiger partial charge < -0.3 is 10.4 Å². The molecule has 2 nitrogen and oxygen atoms in total. The van der Waals surface area contributed by atoms with Crippen molar-refractivity contribution in [1.82, 2.24) is 5.32 Å². The molecule has 1 fully saturated rings. The van der Waals surface area contributed by atoms with E-state index in [4.69, 9.17) is 5.11 Å². The van der Waals surface area contributed by atoms with Crippen molar-refractivity contribution in [2.75, 3.05) is 13.2 Å². The zero-order valence-corrected chi connectivity index (χ0v) is 10.5. The van der Waals surface area contributed by atoms with Crippen LogP contribution < -0.4 is 5.32 Å². The van der Waals surface area contributed by atoms with Crippen LogP contribution in [0, 0.1) is 17.8 Å². The van der Waals surface area contributed by atoms with Crippen LogP contribution >= 0.6 is 0 Å². The lowest BCUT2D eigenvalue weighted by Crippen LogP contribution is -2.43. The highest BCUT2D eigenvalue weighted by atomic mass is 16.3. The molecule has 0 amide bonds. The molecule has 0 bridgehead atoms. The fraction of sp³-hybridized carbons (Fsp3) is 1.00. The van der Waals surface area contributed by atoms with Crippen molar-refractivity contribution in [3.8, 4) is 0 Å². The number of nitrogens with one attached hydrogen (secondary N) is 1. The normalized spacial score (nSPS) is 27.8. The van der Waals surface area contributed by atoms with Crippen molar-refractivity contribution < 1.29 is 5.11 Å². The van der Waals surface area contributed by atoms with Gasteiger partial charge in [0.15, 0.2) is 0 Å². The minimum absolute atomic E-state index is 0.332. The molecule has 2 N–H and O–H groups in total. The molecule has 0 aromatic carbocycles. The van der Waals surface area contributed by atoms with Gasteiger partial charge >= 0.3 is 0 Å². The summed E-state index contributed by atoms with van der Waals surface area (Å²) in [5, 5.41) is 12.5. The molecule has 90 valence electrons. The van der Waals surface area contributed by atoms with E-state index in [9.17, 15) is 0 Å². The first-order valence-corrected chi connectivity index (χ1v) is 6.47. The molecule has 1 aliphatic carbocycles. The second kappa shape index (κ2) is 6.49. The smallest absolute Gasteiger partial charge is 0.0456 e. The Morgan fingerprint density at radius 2 is 1.93 bits per heavy atom. The van der Waals surface area contributed by atoms with Crippen molar-refractivity contribution in [2.24, 2.45) is 17.8 Å². The maximum absolute atomic E-state index is 8.88. The molecule has 1 saturated carbocycles. The van der Waals surface area contributed by atoms with Gasteiger partial charge in [0, 0.05) is 12.6 Å². The molecule has 0 heterocycles. The summed E-state index contributed by atoms with van der Waals surface area (Å²) >= 11 is 0. The molecule has 0 aromatic heterocycles. The molecular formula is C13H27NO. The molecular weight excluding hydrogens is 186 g/mol. The molecule has 0 spiro atoms. The summed E-state index contributed by atoms with van der Waals surface area (Å²) in [4.78, 5) is 0. The summed E-state index contributed by atoms with van der Waals surface area (Å²) in [7, 11) is 0. The second-order valence-electron chi connectivity index (χ2n) is 5.56. The maximum atomic E-state index is 8.88. The molecule has 0 aromatic rings. The predicted octanol–water partition coefficient (Wildman–Crippen LogP) is 2.42. The Morgan fingerprint density at radius 1 is 1.27 bits per heavy atom. The number of hydrogen-bond donors (Lipinski definition) is 2. The van der Waals surface area contributed by atoms with Crippen LogP contribution in [-0.4, -0.2) is 24.3 Å². The van der Waals surface area contributed by atoms with Crippen LogP contribution in [0.25, 0.3) is 0 Å². The van der Waals surface area contributed by atoms with E-state index in [0.29, 0.717) is 12.5 Å². The van der Waals surface area contributed by atoms with Gasteiger partial charge in [-0.15, -0.1) is 0 Å². The van der Waals surface area contributed by atoms with E-state index in [1.165, 1.54) is 19.3 Å². The van der Waals surface area contributed by atoms with Gasteiger partial charge in [0.25, 0.3) is 0 Å². The largest absolute Gasteiger partial charge is 0.396 e. The summed E-state index contributed by atoms with van der Waals surface area (Å²) in [6.07, 6.45) is 5.08. The Labute approximate surface area is 94.5 Å². The molecule has 1 unspecified atom stereocenters. The standard InChI is InChI=1S/C13H27NO/c1-10(2)12-7-13(8-12)14-6-4-5-11(3)9-15/h10-15H,4-9H2,1-3H3. The highest BCUT2D eigenvalue weighted by Crippen LogP contribution is 2.33. The van der Waals surface area contributed by atoms with E-state index >= 15 is 0 Å². The first-order chi connectivity index (χ1) is 7.13. The third kappa shape index (κ3) is 4.52. The number of aliphatic hydroxyl groups excluding tert-OH is 1. The van der Waals surface area contributed by atoms with Crippen molar-refractivity contribution in [1.29, 1.82) is 0 Å². The molecule has 0 aliphatic heterocycles. The predicted molar refractivity (Wildman–Crippen MR) is 64.8 cm³/mol. The first kappa shape index (κ1) is 13.0. The van der Waals surface area contributed by atoms with Gasteiger partial charge in [0.2, 0.25) is 0 Å². The van der Waals surface area contributed by atoms with Crippen LogP contribution in [0.5, 0.6) is 0 Å². The van der Waals surface area contributed by atoms with E-state index in [0.717, 1.165) is 30.8 Å². The highest BCUT2D eigenvalue weighted by molar-refractivity contribution is 4.86. The third-order valence-electron chi connectivity index (χ3n) is 3.74. The van der Waals surface area contributed by atoms with Gasteiger partial charge in [-0.1, -0.05) is 20.8 Å². The average Bonchev–Trinajstić information content (AvgIpc) is 2.13. The topological polar surface area (TPSA) is 32.3 Å². The van der Waals surface area contributed by atoms with Crippen molar-refractivity contribution in [2.45, 2.75) is 52.5 Å². The van der Waals surface area contributed by atoms with Gasteiger partial charge in [-0.2, -0.15) is 0 Å². The average molecular weight is 213 g/mol. The quantitative estimate of drug-likeness (QED) is 0.637. The van der Waals surface area contributed by atoms with Gasteiger partial charge in [0.1, 0.15) is 0 Å². The van der Waals surface area contributed by atoms with Crippen LogP contribution in [0.4, 0.5) is 0 Å². The SMILES string of the molecule is CC(CO)CCCNC1CC(C(C)C)C1. The minimum Gasteiger partial charge on any atom is -0.396 e. The Hall–Kier alpha value is -0.0800. The fourth-order valence-corrected chi connectivity index (χ4v) is 2.22. The number of hydrogen-bond acceptors (Lipinski definition) is 2.